The van der Waals surface area contributed by atoms with E-state index in [2.05, 4.69) is 17.1 Å². The average Bonchev–Trinajstić information content (AvgIpc) is 3.04. The quantitative estimate of drug-likeness (QED) is 0.645. The molecule has 0 saturated carbocycles. The molecule has 0 amide bonds. The molecule has 2 saturated heterocycles. The lowest BCUT2D eigenvalue weighted by Crippen LogP contribution is -2.42. The molecule has 1 N–H and O–H groups in total. The highest BCUT2D eigenvalue weighted by atomic mass is 19.1. The summed E-state index contributed by atoms with van der Waals surface area (Å²) >= 11 is 0. The summed E-state index contributed by atoms with van der Waals surface area (Å²) in [5.41, 5.74) is 0.394. The zero-order chi connectivity index (χ0) is 18.4. The molecular formula is C20H30FN3O2. The second kappa shape index (κ2) is 8.71. The van der Waals surface area contributed by atoms with Crippen LogP contribution in [0.2, 0.25) is 0 Å². The number of benzene rings is 1. The molecule has 0 aromatic heterocycles. The van der Waals surface area contributed by atoms with E-state index in [1.165, 1.54) is 18.6 Å². The van der Waals surface area contributed by atoms with Gasteiger partial charge in [0.1, 0.15) is 17.7 Å². The Morgan fingerprint density at radius 3 is 2.73 bits per heavy atom. The summed E-state index contributed by atoms with van der Waals surface area (Å²) in [6.45, 7) is 9.34. The Morgan fingerprint density at radius 1 is 1.31 bits per heavy atom. The first kappa shape index (κ1) is 19.0. The third kappa shape index (κ3) is 4.87. The molecule has 3 rings (SSSR count). The van der Waals surface area contributed by atoms with E-state index in [0.717, 1.165) is 51.6 Å². The van der Waals surface area contributed by atoms with Crippen LogP contribution in [0.1, 0.15) is 33.1 Å². The lowest BCUT2D eigenvalue weighted by atomic mass is 9.80. The van der Waals surface area contributed by atoms with Gasteiger partial charge in [-0.1, -0.05) is 0 Å². The molecule has 1 unspecified atom stereocenters. The van der Waals surface area contributed by atoms with Crippen LogP contribution < -0.4 is 10.1 Å². The van der Waals surface area contributed by atoms with Crippen molar-refractivity contribution in [3.63, 3.8) is 0 Å². The number of hydrogen-bond donors (Lipinski definition) is 1. The molecule has 1 aromatic rings. The van der Waals surface area contributed by atoms with E-state index >= 15 is 0 Å². The average molecular weight is 363 g/mol. The fourth-order valence-corrected chi connectivity index (χ4v) is 3.75. The molecule has 1 atom stereocenters. The number of halogens is 1. The topological polar surface area (TPSA) is 46.1 Å². The van der Waals surface area contributed by atoms with Gasteiger partial charge in [0.15, 0.2) is 5.96 Å². The van der Waals surface area contributed by atoms with Crippen LogP contribution in [0.3, 0.4) is 0 Å². The molecule has 1 spiro atoms. The first-order valence-corrected chi connectivity index (χ1v) is 9.63. The smallest absolute Gasteiger partial charge is 0.194 e. The molecule has 2 fully saturated rings. The maximum Gasteiger partial charge on any atom is 0.194 e. The van der Waals surface area contributed by atoms with Crippen LogP contribution in [-0.4, -0.2) is 56.4 Å². The van der Waals surface area contributed by atoms with Crippen molar-refractivity contribution < 1.29 is 13.9 Å². The van der Waals surface area contributed by atoms with Crippen molar-refractivity contribution in [1.82, 2.24) is 10.2 Å². The maximum atomic E-state index is 13.0. The Kier molecular flexibility index (Phi) is 6.35. The predicted octanol–water partition coefficient (Wildman–Crippen LogP) is 3.06. The monoisotopic (exact) mass is 363 g/mol. The van der Waals surface area contributed by atoms with Crippen molar-refractivity contribution in [3.05, 3.63) is 30.1 Å². The zero-order valence-electron chi connectivity index (χ0n) is 15.8. The van der Waals surface area contributed by atoms with Crippen LogP contribution in [-0.2, 0) is 4.74 Å². The van der Waals surface area contributed by atoms with Crippen LogP contribution in [0.25, 0.3) is 0 Å². The molecule has 1 aromatic carbocycles. The second-order valence-corrected chi connectivity index (χ2v) is 7.36. The number of likely N-dealkylation sites (tertiary alicyclic amines) is 1. The van der Waals surface area contributed by atoms with Crippen molar-refractivity contribution in [2.45, 2.75) is 39.2 Å². The molecule has 144 valence electrons. The van der Waals surface area contributed by atoms with Crippen LogP contribution >= 0.6 is 0 Å². The fraction of sp³-hybridized carbons (Fsp3) is 0.650. The van der Waals surface area contributed by atoms with Crippen molar-refractivity contribution >= 4 is 5.96 Å². The molecule has 0 radical (unpaired) electrons. The Labute approximate surface area is 155 Å². The first-order chi connectivity index (χ1) is 12.6. The standard InChI is InChI=1S/C20H30FN3O2/c1-3-22-19(24-11-8-20(15-24)9-12-25-13-10-20)23-14-16(2)26-18-6-4-17(21)5-7-18/h4-7,16H,3,8-15H2,1-2H3,(H,22,23). The van der Waals surface area contributed by atoms with Crippen molar-refractivity contribution in [2.24, 2.45) is 10.4 Å². The first-order valence-electron chi connectivity index (χ1n) is 9.63. The third-order valence-electron chi connectivity index (χ3n) is 5.28. The number of nitrogens with one attached hydrogen (secondary N) is 1. The van der Waals surface area contributed by atoms with Gasteiger partial charge in [0.25, 0.3) is 0 Å². The molecule has 26 heavy (non-hydrogen) atoms. The lowest BCUT2D eigenvalue weighted by Gasteiger charge is -2.33. The third-order valence-corrected chi connectivity index (χ3v) is 5.28. The molecule has 0 bridgehead atoms. The zero-order valence-corrected chi connectivity index (χ0v) is 15.8. The van der Waals surface area contributed by atoms with Gasteiger partial charge < -0.3 is 19.7 Å². The van der Waals surface area contributed by atoms with Crippen LogP contribution in [0.4, 0.5) is 4.39 Å². The second-order valence-electron chi connectivity index (χ2n) is 7.36. The molecular weight excluding hydrogens is 333 g/mol. The molecule has 0 aliphatic carbocycles. The highest BCUT2D eigenvalue weighted by molar-refractivity contribution is 5.80. The van der Waals surface area contributed by atoms with Gasteiger partial charge in [-0.15, -0.1) is 0 Å². The minimum absolute atomic E-state index is 0.0752. The van der Waals surface area contributed by atoms with Gasteiger partial charge in [0.05, 0.1) is 6.54 Å². The Hall–Kier alpha value is -1.82. The highest BCUT2D eigenvalue weighted by Gasteiger charge is 2.40. The molecule has 2 aliphatic heterocycles. The lowest BCUT2D eigenvalue weighted by molar-refractivity contribution is 0.0217. The van der Waals surface area contributed by atoms with Crippen molar-refractivity contribution in [2.75, 3.05) is 39.4 Å². The summed E-state index contributed by atoms with van der Waals surface area (Å²) in [4.78, 5) is 7.16. The SMILES string of the molecule is CCNC(=NCC(C)Oc1ccc(F)cc1)N1CCC2(CCOCC2)C1. The Bertz CT molecular complexity index is 600. The Morgan fingerprint density at radius 2 is 2.04 bits per heavy atom. The molecule has 2 heterocycles. The predicted molar refractivity (Wildman–Crippen MR) is 101 cm³/mol. The van der Waals surface area contributed by atoms with E-state index in [0.29, 0.717) is 17.7 Å². The van der Waals surface area contributed by atoms with E-state index in [1.807, 2.05) is 6.92 Å². The number of ether oxygens (including phenoxy) is 2. The summed E-state index contributed by atoms with van der Waals surface area (Å²) in [7, 11) is 0. The van der Waals surface area contributed by atoms with E-state index in [4.69, 9.17) is 14.5 Å². The van der Waals surface area contributed by atoms with Crippen molar-refractivity contribution in [1.29, 1.82) is 0 Å². The van der Waals surface area contributed by atoms with E-state index in [-0.39, 0.29) is 11.9 Å². The summed E-state index contributed by atoms with van der Waals surface area (Å²) < 4.78 is 24.4. The van der Waals surface area contributed by atoms with Crippen LogP contribution in [0, 0.1) is 11.2 Å². The van der Waals surface area contributed by atoms with Gasteiger partial charge in [-0.05, 0) is 62.8 Å². The van der Waals surface area contributed by atoms with Gasteiger partial charge in [-0.25, -0.2) is 9.38 Å². The highest BCUT2D eigenvalue weighted by Crippen LogP contribution is 2.39. The number of guanidine groups is 1. The van der Waals surface area contributed by atoms with E-state index < -0.39 is 0 Å². The normalized spacial score (nSPS) is 21.0. The van der Waals surface area contributed by atoms with Crippen LogP contribution in [0.15, 0.2) is 29.3 Å². The summed E-state index contributed by atoms with van der Waals surface area (Å²) in [6.07, 6.45) is 3.43. The fourth-order valence-electron chi connectivity index (χ4n) is 3.75. The largest absolute Gasteiger partial charge is 0.489 e. The maximum absolute atomic E-state index is 13.0. The summed E-state index contributed by atoms with van der Waals surface area (Å²) in [6, 6.07) is 6.12. The molecule has 5 nitrogen and oxygen atoms in total. The summed E-state index contributed by atoms with van der Waals surface area (Å²) in [5, 5.41) is 3.41. The number of aliphatic imine (C=N–C) groups is 1. The van der Waals surface area contributed by atoms with Gasteiger partial charge in [-0.2, -0.15) is 0 Å². The van der Waals surface area contributed by atoms with E-state index in [1.54, 1.807) is 12.1 Å². The minimum Gasteiger partial charge on any atom is -0.489 e. The number of nitrogens with zero attached hydrogens (tertiary/aromatic N) is 2. The molecule has 6 heteroatoms. The number of rotatable bonds is 5. The van der Waals surface area contributed by atoms with Gasteiger partial charge in [-0.3, -0.25) is 0 Å². The Balaban J connectivity index is 1.57. The molecule has 2 aliphatic rings. The van der Waals surface area contributed by atoms with Crippen molar-refractivity contribution in [3.8, 4) is 5.75 Å². The van der Waals surface area contributed by atoms with Gasteiger partial charge >= 0.3 is 0 Å². The summed E-state index contributed by atoms with van der Waals surface area (Å²) in [5.74, 6) is 1.38. The number of hydrogen-bond acceptors (Lipinski definition) is 3. The van der Waals surface area contributed by atoms with Crippen LogP contribution in [0.5, 0.6) is 5.75 Å². The van der Waals surface area contributed by atoms with Gasteiger partial charge in [0, 0.05) is 32.8 Å². The van der Waals surface area contributed by atoms with E-state index in [9.17, 15) is 4.39 Å². The van der Waals surface area contributed by atoms with Gasteiger partial charge in [0.2, 0.25) is 0 Å². The minimum atomic E-state index is -0.256.